The number of aryl methyl sites for hydroxylation is 1. The van der Waals surface area contributed by atoms with Crippen molar-refractivity contribution in [2.45, 2.75) is 19.6 Å². The van der Waals surface area contributed by atoms with Gasteiger partial charge in [0.05, 0.1) is 6.54 Å². The molecule has 0 radical (unpaired) electrons. The standard InChI is InChI=1S/C13H11F3N4/c1-9-4-2-3-5-10(9)8-18-20-12-17-7-6-11(19-12)13(14,15)16/h2-7H,8H2,1H3. The smallest absolute Gasteiger partial charge is 0.218 e. The zero-order valence-corrected chi connectivity index (χ0v) is 10.6. The second-order valence-corrected chi connectivity index (χ2v) is 4.07. The lowest BCUT2D eigenvalue weighted by atomic mass is 10.1. The van der Waals surface area contributed by atoms with E-state index in [-0.39, 0.29) is 12.5 Å². The van der Waals surface area contributed by atoms with Gasteiger partial charge in [0.1, 0.15) is 5.69 Å². The fraction of sp³-hybridized carbons (Fsp3) is 0.231. The highest BCUT2D eigenvalue weighted by atomic mass is 19.4. The molecule has 1 aromatic carbocycles. The van der Waals surface area contributed by atoms with Crippen molar-refractivity contribution in [3.63, 3.8) is 0 Å². The van der Waals surface area contributed by atoms with Gasteiger partial charge in [-0.2, -0.15) is 18.3 Å². The Bertz CT molecular complexity index is 623. The van der Waals surface area contributed by atoms with Crippen LogP contribution in [0.1, 0.15) is 16.8 Å². The molecule has 2 rings (SSSR count). The van der Waals surface area contributed by atoms with Crippen LogP contribution in [0.15, 0.2) is 46.8 Å². The molecule has 20 heavy (non-hydrogen) atoms. The molecular weight excluding hydrogens is 269 g/mol. The fourth-order valence-electron chi connectivity index (χ4n) is 1.52. The molecule has 0 aliphatic rings. The number of benzene rings is 1. The van der Waals surface area contributed by atoms with Crippen LogP contribution in [0.25, 0.3) is 0 Å². The molecule has 2 aromatic rings. The molecule has 0 fully saturated rings. The molecule has 0 saturated carbocycles. The van der Waals surface area contributed by atoms with Crippen LogP contribution in [-0.4, -0.2) is 9.97 Å². The lowest BCUT2D eigenvalue weighted by molar-refractivity contribution is -0.141. The van der Waals surface area contributed by atoms with E-state index in [9.17, 15) is 13.2 Å². The van der Waals surface area contributed by atoms with Crippen molar-refractivity contribution in [3.8, 4) is 0 Å². The second-order valence-electron chi connectivity index (χ2n) is 4.07. The zero-order valence-electron chi connectivity index (χ0n) is 10.6. The summed E-state index contributed by atoms with van der Waals surface area (Å²) in [5.41, 5.74) is 0.956. The highest BCUT2D eigenvalue weighted by Gasteiger charge is 2.32. The van der Waals surface area contributed by atoms with Gasteiger partial charge in [0.15, 0.2) is 0 Å². The first kappa shape index (κ1) is 14.1. The topological polar surface area (TPSA) is 50.5 Å². The van der Waals surface area contributed by atoms with Crippen molar-refractivity contribution in [1.29, 1.82) is 0 Å². The summed E-state index contributed by atoms with van der Waals surface area (Å²) in [6.45, 7) is 2.19. The number of rotatable bonds is 3. The maximum Gasteiger partial charge on any atom is 0.433 e. The van der Waals surface area contributed by atoms with Crippen molar-refractivity contribution in [1.82, 2.24) is 9.97 Å². The summed E-state index contributed by atoms with van der Waals surface area (Å²) < 4.78 is 37.3. The van der Waals surface area contributed by atoms with Gasteiger partial charge < -0.3 is 0 Å². The number of halogens is 3. The molecule has 104 valence electrons. The molecule has 0 atom stereocenters. The molecule has 0 aliphatic carbocycles. The molecule has 1 aromatic heterocycles. The van der Waals surface area contributed by atoms with Gasteiger partial charge in [-0.15, -0.1) is 5.11 Å². The van der Waals surface area contributed by atoms with E-state index in [4.69, 9.17) is 0 Å². The van der Waals surface area contributed by atoms with Crippen molar-refractivity contribution >= 4 is 5.95 Å². The third kappa shape index (κ3) is 3.59. The summed E-state index contributed by atoms with van der Waals surface area (Å²) in [5, 5.41) is 7.45. The Hall–Kier alpha value is -2.31. The van der Waals surface area contributed by atoms with Crippen LogP contribution in [0, 0.1) is 6.92 Å². The predicted molar refractivity (Wildman–Crippen MR) is 66.4 cm³/mol. The normalized spacial score (nSPS) is 12.0. The molecule has 0 saturated heterocycles. The molecule has 0 spiro atoms. The van der Waals surface area contributed by atoms with Crippen molar-refractivity contribution in [2.24, 2.45) is 10.2 Å². The minimum Gasteiger partial charge on any atom is -0.218 e. The minimum absolute atomic E-state index is 0.270. The Balaban J connectivity index is 2.11. The summed E-state index contributed by atoms with van der Waals surface area (Å²) in [5.74, 6) is -0.298. The van der Waals surface area contributed by atoms with Crippen molar-refractivity contribution in [2.75, 3.05) is 0 Å². The van der Waals surface area contributed by atoms with Crippen LogP contribution in [0.3, 0.4) is 0 Å². The molecule has 0 amide bonds. The number of alkyl halides is 3. The van der Waals surface area contributed by atoms with Crippen LogP contribution in [0.4, 0.5) is 19.1 Å². The number of hydrogen-bond donors (Lipinski definition) is 0. The summed E-state index contributed by atoms with van der Waals surface area (Å²) in [7, 11) is 0. The number of aromatic nitrogens is 2. The fourth-order valence-corrected chi connectivity index (χ4v) is 1.52. The van der Waals surface area contributed by atoms with Gasteiger partial charge in [-0.25, -0.2) is 9.97 Å². The van der Waals surface area contributed by atoms with E-state index in [1.807, 2.05) is 31.2 Å². The first-order valence-electron chi connectivity index (χ1n) is 5.79. The lowest BCUT2D eigenvalue weighted by Crippen LogP contribution is -2.07. The maximum atomic E-state index is 12.4. The summed E-state index contributed by atoms with van der Waals surface area (Å²) in [6.07, 6.45) is -3.50. The molecule has 7 heteroatoms. The quantitative estimate of drug-likeness (QED) is 0.795. The van der Waals surface area contributed by atoms with E-state index in [1.165, 1.54) is 0 Å². The third-order valence-electron chi connectivity index (χ3n) is 2.60. The molecule has 0 aliphatic heterocycles. The van der Waals surface area contributed by atoms with E-state index >= 15 is 0 Å². The highest BCUT2D eigenvalue weighted by Crippen LogP contribution is 2.27. The van der Waals surface area contributed by atoms with Gasteiger partial charge in [-0.1, -0.05) is 24.3 Å². The van der Waals surface area contributed by atoms with Gasteiger partial charge in [0.25, 0.3) is 5.95 Å². The van der Waals surface area contributed by atoms with Crippen LogP contribution >= 0.6 is 0 Å². The Morgan fingerprint density at radius 3 is 2.60 bits per heavy atom. The first-order valence-corrected chi connectivity index (χ1v) is 5.79. The molecule has 4 nitrogen and oxygen atoms in total. The van der Waals surface area contributed by atoms with E-state index in [2.05, 4.69) is 20.2 Å². The van der Waals surface area contributed by atoms with Crippen molar-refractivity contribution in [3.05, 3.63) is 53.3 Å². The molecule has 0 unspecified atom stereocenters. The van der Waals surface area contributed by atoms with E-state index in [1.54, 1.807) is 0 Å². The number of hydrogen-bond acceptors (Lipinski definition) is 4. The van der Waals surface area contributed by atoms with Crippen LogP contribution in [0.2, 0.25) is 0 Å². The largest absolute Gasteiger partial charge is 0.433 e. The number of nitrogens with zero attached hydrogens (tertiary/aromatic N) is 4. The second kappa shape index (κ2) is 5.77. The Labute approximate surface area is 113 Å². The maximum absolute atomic E-state index is 12.4. The molecule has 0 N–H and O–H groups in total. The van der Waals surface area contributed by atoms with Gasteiger partial charge in [0, 0.05) is 6.20 Å². The first-order chi connectivity index (χ1) is 9.47. The number of azo groups is 1. The van der Waals surface area contributed by atoms with Crippen LogP contribution in [-0.2, 0) is 12.7 Å². The summed E-state index contributed by atoms with van der Waals surface area (Å²) in [4.78, 5) is 6.94. The molecule has 1 heterocycles. The van der Waals surface area contributed by atoms with Crippen LogP contribution in [0.5, 0.6) is 0 Å². The van der Waals surface area contributed by atoms with E-state index in [0.29, 0.717) is 0 Å². The monoisotopic (exact) mass is 280 g/mol. The van der Waals surface area contributed by atoms with Gasteiger partial charge >= 0.3 is 6.18 Å². The third-order valence-corrected chi connectivity index (χ3v) is 2.60. The van der Waals surface area contributed by atoms with Gasteiger partial charge in [0.2, 0.25) is 0 Å². The summed E-state index contributed by atoms with van der Waals surface area (Å²) >= 11 is 0. The Kier molecular flexibility index (Phi) is 4.07. The van der Waals surface area contributed by atoms with Crippen LogP contribution < -0.4 is 0 Å². The van der Waals surface area contributed by atoms with E-state index < -0.39 is 11.9 Å². The highest BCUT2D eigenvalue weighted by molar-refractivity contribution is 5.25. The average Bonchev–Trinajstić information content (AvgIpc) is 2.40. The van der Waals surface area contributed by atoms with Crippen molar-refractivity contribution < 1.29 is 13.2 Å². The lowest BCUT2D eigenvalue weighted by Gasteiger charge is -2.04. The SMILES string of the molecule is Cc1ccccc1CN=Nc1nccc(C(F)(F)F)n1. The van der Waals surface area contributed by atoms with Gasteiger partial charge in [-0.05, 0) is 24.1 Å². The van der Waals surface area contributed by atoms with Gasteiger partial charge in [-0.3, -0.25) is 0 Å². The predicted octanol–water partition coefficient (Wildman–Crippen LogP) is 4.09. The molecule has 0 bridgehead atoms. The van der Waals surface area contributed by atoms with E-state index in [0.717, 1.165) is 23.4 Å². The minimum atomic E-state index is -4.51. The Morgan fingerprint density at radius 1 is 1.15 bits per heavy atom. The summed E-state index contributed by atoms with van der Waals surface area (Å²) in [6, 6.07) is 8.35. The average molecular weight is 280 g/mol. The Morgan fingerprint density at radius 2 is 1.90 bits per heavy atom. The zero-order chi connectivity index (χ0) is 14.6. The molecular formula is C13H11F3N4.